The van der Waals surface area contributed by atoms with Crippen molar-refractivity contribution in [2.45, 2.75) is 70.4 Å². The molecule has 1 aromatic rings. The Kier molecular flexibility index (Phi) is 4.71. The van der Waals surface area contributed by atoms with Crippen LogP contribution in [0.3, 0.4) is 0 Å². The average molecular weight is 276 g/mol. The van der Waals surface area contributed by atoms with Gasteiger partial charge in [-0.25, -0.2) is 4.98 Å². The van der Waals surface area contributed by atoms with E-state index in [2.05, 4.69) is 15.4 Å². The van der Waals surface area contributed by atoms with E-state index in [1.165, 1.54) is 57.8 Å². The highest BCUT2D eigenvalue weighted by Gasteiger charge is 2.32. The standard InChI is InChI=1S/C16H28N4/c1-20-12-18-16(19-20)11-17-15-10-6-5-9-14(15)13-7-3-2-4-8-13/h12-15,17H,2-11H2,1H3. The van der Waals surface area contributed by atoms with Crippen LogP contribution in [0.15, 0.2) is 6.33 Å². The molecule has 1 heterocycles. The molecule has 3 rings (SSSR count). The maximum absolute atomic E-state index is 4.38. The van der Waals surface area contributed by atoms with Gasteiger partial charge in [-0.3, -0.25) is 4.68 Å². The van der Waals surface area contributed by atoms with Crippen molar-refractivity contribution < 1.29 is 0 Å². The summed E-state index contributed by atoms with van der Waals surface area (Å²) >= 11 is 0. The minimum atomic E-state index is 0.690. The molecule has 2 atom stereocenters. The number of hydrogen-bond donors (Lipinski definition) is 1. The highest BCUT2D eigenvalue weighted by atomic mass is 15.3. The lowest BCUT2D eigenvalue weighted by atomic mass is 9.71. The highest BCUT2D eigenvalue weighted by molar-refractivity contribution is 4.89. The molecular weight excluding hydrogens is 248 g/mol. The SMILES string of the molecule is Cn1cnc(CNC2CCCCC2C2CCCCC2)n1. The molecule has 1 N–H and O–H groups in total. The number of aromatic nitrogens is 3. The van der Waals surface area contributed by atoms with Crippen molar-refractivity contribution in [1.29, 1.82) is 0 Å². The third-order valence-corrected chi connectivity index (χ3v) is 5.24. The van der Waals surface area contributed by atoms with E-state index in [9.17, 15) is 0 Å². The Balaban J connectivity index is 1.57. The van der Waals surface area contributed by atoms with Crippen molar-refractivity contribution in [3.05, 3.63) is 12.2 Å². The van der Waals surface area contributed by atoms with Gasteiger partial charge in [-0.1, -0.05) is 44.9 Å². The summed E-state index contributed by atoms with van der Waals surface area (Å²) in [6.07, 6.45) is 14.7. The maximum Gasteiger partial charge on any atom is 0.164 e. The molecule has 0 aliphatic heterocycles. The fraction of sp³-hybridized carbons (Fsp3) is 0.875. The van der Waals surface area contributed by atoms with Crippen LogP contribution in [-0.2, 0) is 13.6 Å². The monoisotopic (exact) mass is 276 g/mol. The van der Waals surface area contributed by atoms with Crippen LogP contribution in [0.4, 0.5) is 0 Å². The Hall–Kier alpha value is -0.900. The molecular formula is C16H28N4. The average Bonchev–Trinajstić information content (AvgIpc) is 2.92. The molecule has 4 nitrogen and oxygen atoms in total. The lowest BCUT2D eigenvalue weighted by molar-refractivity contribution is 0.148. The van der Waals surface area contributed by atoms with Crippen LogP contribution in [0.5, 0.6) is 0 Å². The normalized spacial score (nSPS) is 28.6. The number of hydrogen-bond acceptors (Lipinski definition) is 3. The van der Waals surface area contributed by atoms with E-state index >= 15 is 0 Å². The Labute approximate surface area is 122 Å². The van der Waals surface area contributed by atoms with Gasteiger partial charge < -0.3 is 5.32 Å². The fourth-order valence-corrected chi connectivity index (χ4v) is 4.23. The smallest absolute Gasteiger partial charge is 0.164 e. The predicted molar refractivity (Wildman–Crippen MR) is 80.2 cm³/mol. The van der Waals surface area contributed by atoms with Crippen molar-refractivity contribution in [3.63, 3.8) is 0 Å². The molecule has 2 unspecified atom stereocenters. The van der Waals surface area contributed by atoms with Crippen LogP contribution >= 0.6 is 0 Å². The Morgan fingerprint density at radius 3 is 2.60 bits per heavy atom. The molecule has 1 aromatic heterocycles. The lowest BCUT2D eigenvalue weighted by Gasteiger charge is -2.39. The summed E-state index contributed by atoms with van der Waals surface area (Å²) in [5.74, 6) is 2.80. The van der Waals surface area contributed by atoms with Crippen molar-refractivity contribution in [1.82, 2.24) is 20.1 Å². The molecule has 2 fully saturated rings. The highest BCUT2D eigenvalue weighted by Crippen LogP contribution is 2.38. The van der Waals surface area contributed by atoms with Crippen molar-refractivity contribution in [2.24, 2.45) is 18.9 Å². The van der Waals surface area contributed by atoms with E-state index in [0.717, 1.165) is 24.2 Å². The van der Waals surface area contributed by atoms with Crippen LogP contribution < -0.4 is 5.32 Å². The van der Waals surface area contributed by atoms with Crippen LogP contribution in [0.1, 0.15) is 63.6 Å². The van der Waals surface area contributed by atoms with Crippen LogP contribution in [0.2, 0.25) is 0 Å². The number of nitrogens with zero attached hydrogens (tertiary/aromatic N) is 3. The Bertz CT molecular complexity index is 408. The van der Waals surface area contributed by atoms with Crippen molar-refractivity contribution >= 4 is 0 Å². The molecule has 2 saturated carbocycles. The number of rotatable bonds is 4. The quantitative estimate of drug-likeness (QED) is 0.919. The molecule has 0 bridgehead atoms. The zero-order chi connectivity index (χ0) is 13.8. The van der Waals surface area contributed by atoms with Crippen LogP contribution in [0, 0.1) is 11.8 Å². The Morgan fingerprint density at radius 1 is 1.10 bits per heavy atom. The van der Waals surface area contributed by atoms with E-state index in [4.69, 9.17) is 0 Å². The van der Waals surface area contributed by atoms with Gasteiger partial charge in [0, 0.05) is 13.1 Å². The predicted octanol–water partition coefficient (Wildman–Crippen LogP) is 3.04. The maximum atomic E-state index is 4.38. The molecule has 4 heteroatoms. The second kappa shape index (κ2) is 6.70. The number of aryl methyl sites for hydroxylation is 1. The molecule has 0 amide bonds. The molecule has 112 valence electrons. The van der Waals surface area contributed by atoms with Crippen molar-refractivity contribution in [3.8, 4) is 0 Å². The largest absolute Gasteiger partial charge is 0.307 e. The molecule has 0 spiro atoms. The van der Waals surface area contributed by atoms with Gasteiger partial charge in [0.05, 0.1) is 6.54 Å². The first-order valence-corrected chi connectivity index (χ1v) is 8.41. The van der Waals surface area contributed by atoms with Gasteiger partial charge >= 0.3 is 0 Å². The Morgan fingerprint density at radius 2 is 1.85 bits per heavy atom. The lowest BCUT2D eigenvalue weighted by Crippen LogP contribution is -2.42. The van der Waals surface area contributed by atoms with E-state index < -0.39 is 0 Å². The molecule has 2 aliphatic rings. The minimum Gasteiger partial charge on any atom is -0.307 e. The topological polar surface area (TPSA) is 42.7 Å². The third-order valence-electron chi connectivity index (χ3n) is 5.24. The van der Waals surface area contributed by atoms with Gasteiger partial charge in [0.15, 0.2) is 5.82 Å². The summed E-state index contributed by atoms with van der Waals surface area (Å²) in [5.41, 5.74) is 0. The molecule has 0 radical (unpaired) electrons. The van der Waals surface area contributed by atoms with E-state index in [0.29, 0.717) is 6.04 Å². The summed E-state index contributed by atoms with van der Waals surface area (Å²) in [6, 6.07) is 0.690. The van der Waals surface area contributed by atoms with Gasteiger partial charge in [-0.2, -0.15) is 5.10 Å². The summed E-state index contributed by atoms with van der Waals surface area (Å²) in [7, 11) is 1.93. The first-order chi connectivity index (χ1) is 9.83. The molecule has 0 saturated heterocycles. The van der Waals surface area contributed by atoms with Gasteiger partial charge in [0.2, 0.25) is 0 Å². The zero-order valence-electron chi connectivity index (χ0n) is 12.7. The van der Waals surface area contributed by atoms with Gasteiger partial charge in [-0.05, 0) is 24.7 Å². The first kappa shape index (κ1) is 14.1. The molecule has 2 aliphatic carbocycles. The molecule has 0 aromatic carbocycles. The van der Waals surface area contributed by atoms with E-state index in [-0.39, 0.29) is 0 Å². The zero-order valence-corrected chi connectivity index (χ0v) is 12.7. The first-order valence-electron chi connectivity index (χ1n) is 8.41. The van der Waals surface area contributed by atoms with Gasteiger partial charge in [0.1, 0.15) is 6.33 Å². The molecule has 20 heavy (non-hydrogen) atoms. The fourth-order valence-electron chi connectivity index (χ4n) is 4.23. The summed E-state index contributed by atoms with van der Waals surface area (Å²) in [6.45, 7) is 0.828. The minimum absolute atomic E-state index is 0.690. The summed E-state index contributed by atoms with van der Waals surface area (Å²) < 4.78 is 1.79. The number of nitrogens with one attached hydrogen (secondary N) is 1. The third kappa shape index (κ3) is 3.40. The second-order valence-electron chi connectivity index (χ2n) is 6.67. The van der Waals surface area contributed by atoms with Gasteiger partial charge in [-0.15, -0.1) is 0 Å². The van der Waals surface area contributed by atoms with Gasteiger partial charge in [0.25, 0.3) is 0 Å². The van der Waals surface area contributed by atoms with Crippen LogP contribution in [0.25, 0.3) is 0 Å². The second-order valence-corrected chi connectivity index (χ2v) is 6.67. The van der Waals surface area contributed by atoms with E-state index in [1.54, 1.807) is 11.0 Å². The van der Waals surface area contributed by atoms with Crippen molar-refractivity contribution in [2.75, 3.05) is 0 Å². The summed E-state index contributed by atoms with van der Waals surface area (Å²) in [4.78, 5) is 4.33. The summed E-state index contributed by atoms with van der Waals surface area (Å²) in [5, 5.41) is 8.14. The van der Waals surface area contributed by atoms with Crippen LogP contribution in [-0.4, -0.2) is 20.8 Å². The van der Waals surface area contributed by atoms with E-state index in [1.807, 2.05) is 7.05 Å².